The first-order chi connectivity index (χ1) is 16.1. The Morgan fingerprint density at radius 2 is 1.97 bits per heavy atom. The number of ether oxygens (including phenoxy) is 1. The van der Waals surface area contributed by atoms with Crippen LogP contribution in [0.2, 0.25) is 0 Å². The lowest BCUT2D eigenvalue weighted by atomic mass is 10.0. The highest BCUT2D eigenvalue weighted by Gasteiger charge is 2.27. The van der Waals surface area contributed by atoms with E-state index in [1.807, 2.05) is 24.3 Å². The Hall–Kier alpha value is -3.23. The Balaban J connectivity index is 1.74. The number of nitrogens with zero attached hydrogens (tertiary/aromatic N) is 2. The number of thiazole rings is 1. The largest absolute Gasteiger partial charge is 0.507 e. The maximum absolute atomic E-state index is 13.7. The normalized spacial score (nSPS) is 14.7. The molecule has 1 saturated heterocycles. The van der Waals surface area contributed by atoms with E-state index in [-0.39, 0.29) is 34.7 Å². The van der Waals surface area contributed by atoms with Gasteiger partial charge in [-0.05, 0) is 57.1 Å². The minimum atomic E-state index is -0.724. The summed E-state index contributed by atoms with van der Waals surface area (Å²) in [6, 6.07) is 10.6. The number of benzene rings is 2. The Morgan fingerprint density at radius 1 is 1.18 bits per heavy atom. The SMILES string of the molecule is CCOC(=O)c1oc2c(CN3CCCCC3)c(O)ccc2c(=O)c1-c1nc2ccccc2s1. The van der Waals surface area contributed by atoms with Gasteiger partial charge in [0.2, 0.25) is 11.2 Å². The number of aromatic hydroxyl groups is 1. The number of rotatable bonds is 5. The van der Waals surface area contributed by atoms with Gasteiger partial charge in [-0.15, -0.1) is 11.3 Å². The number of carbonyl (C=O) groups excluding carboxylic acids is 1. The summed E-state index contributed by atoms with van der Waals surface area (Å²) in [7, 11) is 0. The first kappa shape index (κ1) is 21.6. The van der Waals surface area contributed by atoms with Crippen LogP contribution in [0.4, 0.5) is 0 Å². The molecule has 0 radical (unpaired) electrons. The van der Waals surface area contributed by atoms with E-state index >= 15 is 0 Å². The third-order valence-corrected chi connectivity index (χ3v) is 6.99. The van der Waals surface area contributed by atoms with Crippen LogP contribution < -0.4 is 5.43 Å². The van der Waals surface area contributed by atoms with Gasteiger partial charge in [0.1, 0.15) is 21.9 Å². The summed E-state index contributed by atoms with van der Waals surface area (Å²) in [5, 5.41) is 11.3. The lowest BCUT2D eigenvalue weighted by Crippen LogP contribution is -2.29. The van der Waals surface area contributed by atoms with Crippen LogP contribution in [-0.2, 0) is 11.3 Å². The zero-order valence-electron chi connectivity index (χ0n) is 18.3. The predicted molar refractivity (Wildman–Crippen MR) is 128 cm³/mol. The predicted octanol–water partition coefficient (Wildman–Crippen LogP) is 4.94. The molecule has 1 fully saturated rings. The molecule has 0 spiro atoms. The van der Waals surface area contributed by atoms with Crippen molar-refractivity contribution in [3.05, 3.63) is 57.9 Å². The van der Waals surface area contributed by atoms with Gasteiger partial charge in [-0.25, -0.2) is 9.78 Å². The highest BCUT2D eigenvalue weighted by molar-refractivity contribution is 7.21. The van der Waals surface area contributed by atoms with E-state index in [1.54, 1.807) is 13.0 Å². The molecule has 0 saturated carbocycles. The molecule has 1 aliphatic rings. The van der Waals surface area contributed by atoms with E-state index in [0.29, 0.717) is 22.5 Å². The Kier molecular flexibility index (Phi) is 5.86. The van der Waals surface area contributed by atoms with Crippen LogP contribution in [0.1, 0.15) is 42.3 Å². The molecule has 1 N–H and O–H groups in total. The van der Waals surface area contributed by atoms with Gasteiger partial charge in [-0.3, -0.25) is 9.69 Å². The van der Waals surface area contributed by atoms with Gasteiger partial charge in [0.05, 0.1) is 27.8 Å². The fraction of sp³-hybridized carbons (Fsp3) is 0.320. The number of phenols is 1. The lowest BCUT2D eigenvalue weighted by Gasteiger charge is -2.26. The Bertz CT molecular complexity index is 1370. The summed E-state index contributed by atoms with van der Waals surface area (Å²) in [6.07, 6.45) is 3.36. The smallest absolute Gasteiger partial charge is 0.375 e. The molecule has 3 heterocycles. The van der Waals surface area contributed by atoms with Crippen molar-refractivity contribution in [1.82, 2.24) is 9.88 Å². The summed E-state index contributed by atoms with van der Waals surface area (Å²) in [5.41, 5.74) is 1.20. The topological polar surface area (TPSA) is 92.9 Å². The molecule has 0 unspecified atom stereocenters. The quantitative estimate of drug-likeness (QED) is 0.418. The molecule has 5 rings (SSSR count). The highest BCUT2D eigenvalue weighted by atomic mass is 32.1. The molecule has 4 aromatic rings. The summed E-state index contributed by atoms with van der Waals surface area (Å²) < 4.78 is 12.2. The average Bonchev–Trinajstić information content (AvgIpc) is 3.25. The summed E-state index contributed by atoms with van der Waals surface area (Å²) >= 11 is 1.32. The summed E-state index contributed by atoms with van der Waals surface area (Å²) in [5.74, 6) is -0.865. The zero-order chi connectivity index (χ0) is 22.9. The zero-order valence-corrected chi connectivity index (χ0v) is 19.1. The van der Waals surface area contributed by atoms with Crippen molar-refractivity contribution in [2.75, 3.05) is 19.7 Å². The molecule has 33 heavy (non-hydrogen) atoms. The van der Waals surface area contributed by atoms with Gasteiger partial charge in [-0.2, -0.15) is 0 Å². The minimum absolute atomic E-state index is 0.0405. The van der Waals surface area contributed by atoms with Gasteiger partial charge in [0, 0.05) is 6.54 Å². The van der Waals surface area contributed by atoms with Crippen LogP contribution in [0.3, 0.4) is 0 Å². The van der Waals surface area contributed by atoms with Crippen LogP contribution >= 0.6 is 11.3 Å². The molecule has 1 aliphatic heterocycles. The second-order valence-corrected chi connectivity index (χ2v) is 9.15. The van der Waals surface area contributed by atoms with Crippen molar-refractivity contribution in [3.63, 3.8) is 0 Å². The van der Waals surface area contributed by atoms with Crippen LogP contribution in [0.15, 0.2) is 45.6 Å². The first-order valence-corrected chi connectivity index (χ1v) is 12.0. The third-order valence-electron chi connectivity index (χ3n) is 5.94. The van der Waals surface area contributed by atoms with Crippen molar-refractivity contribution in [2.24, 2.45) is 0 Å². The van der Waals surface area contributed by atoms with E-state index in [0.717, 1.165) is 36.1 Å². The number of hydrogen-bond donors (Lipinski definition) is 1. The molecule has 0 atom stereocenters. The highest BCUT2D eigenvalue weighted by Crippen LogP contribution is 2.35. The molecule has 170 valence electrons. The maximum Gasteiger partial charge on any atom is 0.375 e. The van der Waals surface area contributed by atoms with Gasteiger partial charge in [0.25, 0.3) is 0 Å². The van der Waals surface area contributed by atoms with Crippen LogP contribution in [0.5, 0.6) is 5.75 Å². The van der Waals surface area contributed by atoms with Crippen LogP contribution in [0, 0.1) is 0 Å². The fourth-order valence-electron chi connectivity index (χ4n) is 4.31. The summed E-state index contributed by atoms with van der Waals surface area (Å²) in [4.78, 5) is 33.4. The maximum atomic E-state index is 13.7. The molecule has 2 aromatic carbocycles. The average molecular weight is 465 g/mol. The monoisotopic (exact) mass is 464 g/mol. The van der Waals surface area contributed by atoms with Gasteiger partial charge in [0.15, 0.2) is 0 Å². The number of fused-ring (bicyclic) bond motifs is 2. The number of carbonyl (C=O) groups is 1. The molecule has 0 aliphatic carbocycles. The molecule has 0 bridgehead atoms. The van der Waals surface area contributed by atoms with Crippen LogP contribution in [-0.4, -0.2) is 40.7 Å². The molecular weight excluding hydrogens is 440 g/mol. The second kappa shape index (κ2) is 8.96. The van der Waals surface area contributed by atoms with E-state index in [9.17, 15) is 14.7 Å². The lowest BCUT2D eigenvalue weighted by molar-refractivity contribution is 0.0492. The summed E-state index contributed by atoms with van der Waals surface area (Å²) in [6.45, 7) is 4.10. The Morgan fingerprint density at radius 3 is 2.73 bits per heavy atom. The van der Waals surface area contributed by atoms with Crippen molar-refractivity contribution in [1.29, 1.82) is 0 Å². The van der Waals surface area contributed by atoms with E-state index in [2.05, 4.69) is 9.88 Å². The second-order valence-electron chi connectivity index (χ2n) is 8.12. The van der Waals surface area contributed by atoms with Crippen molar-refractivity contribution in [3.8, 4) is 16.3 Å². The standard InChI is InChI=1S/C25H24N2O5S/c1-2-31-25(30)23-20(24-26-17-8-4-5-9-19(17)33-24)21(29)15-10-11-18(28)16(22(15)32-23)14-27-12-6-3-7-13-27/h4-5,8-11,28H,2-3,6-7,12-14H2,1H3. The first-order valence-electron chi connectivity index (χ1n) is 11.1. The minimum Gasteiger partial charge on any atom is -0.507 e. The fourth-order valence-corrected chi connectivity index (χ4v) is 5.32. The van der Waals surface area contributed by atoms with Gasteiger partial charge in [-0.1, -0.05) is 18.6 Å². The van der Waals surface area contributed by atoms with Gasteiger partial charge >= 0.3 is 5.97 Å². The molecule has 0 amide bonds. The third kappa shape index (κ3) is 4.00. The molecule has 2 aromatic heterocycles. The van der Waals surface area contributed by atoms with Crippen LogP contribution in [0.25, 0.3) is 31.8 Å². The number of para-hydroxylation sites is 1. The van der Waals surface area contributed by atoms with E-state index < -0.39 is 5.97 Å². The molecule has 8 heteroatoms. The number of likely N-dealkylation sites (tertiary alicyclic amines) is 1. The number of aromatic nitrogens is 1. The number of esters is 1. The van der Waals surface area contributed by atoms with E-state index in [1.165, 1.54) is 23.8 Å². The number of piperidine rings is 1. The number of hydrogen-bond acceptors (Lipinski definition) is 8. The van der Waals surface area contributed by atoms with Crippen molar-refractivity contribution in [2.45, 2.75) is 32.7 Å². The number of phenolic OH excluding ortho intramolecular Hbond substituents is 1. The Labute approximate surface area is 194 Å². The van der Waals surface area contributed by atoms with Crippen molar-refractivity contribution < 1.29 is 19.1 Å². The van der Waals surface area contributed by atoms with Gasteiger partial charge < -0.3 is 14.3 Å². The molecule has 7 nitrogen and oxygen atoms in total. The van der Waals surface area contributed by atoms with Crippen molar-refractivity contribution >= 4 is 38.5 Å². The molecular formula is C25H24N2O5S. The van der Waals surface area contributed by atoms with E-state index in [4.69, 9.17) is 9.15 Å².